The van der Waals surface area contributed by atoms with Crippen LogP contribution in [0.15, 0.2) is 59.2 Å². The van der Waals surface area contributed by atoms with Crippen molar-refractivity contribution in [3.05, 3.63) is 75.9 Å². The van der Waals surface area contributed by atoms with Crippen LogP contribution in [-0.2, 0) is 6.54 Å². The molecule has 2 N–H and O–H groups in total. The first kappa shape index (κ1) is 15.3. The number of aryl methyl sites for hydroxylation is 1. The van der Waals surface area contributed by atoms with E-state index in [0.717, 1.165) is 15.6 Å². The lowest BCUT2D eigenvalue weighted by Gasteiger charge is -2.05. The Balaban J connectivity index is 1.80. The van der Waals surface area contributed by atoms with E-state index in [1.165, 1.54) is 5.56 Å². The molecule has 0 aromatic heterocycles. The number of urea groups is 1. The molecule has 0 saturated heterocycles. The zero-order valence-corrected chi connectivity index (χ0v) is 13.4. The highest BCUT2D eigenvalue weighted by Crippen LogP contribution is 2.11. The summed E-state index contributed by atoms with van der Waals surface area (Å²) < 4.78 is 1.00. The Morgan fingerprint density at radius 2 is 2.00 bits per heavy atom. The van der Waals surface area contributed by atoms with Crippen molar-refractivity contribution >= 4 is 28.0 Å². The van der Waals surface area contributed by atoms with Crippen molar-refractivity contribution in [1.29, 1.82) is 0 Å². The summed E-state index contributed by atoms with van der Waals surface area (Å²) in [6, 6.07) is 15.7. The molecule has 0 aliphatic rings. The van der Waals surface area contributed by atoms with Gasteiger partial charge in [0.15, 0.2) is 0 Å². The number of amides is 2. The molecule has 2 aromatic rings. The molecule has 2 aromatic carbocycles. The molecule has 0 aliphatic heterocycles. The Bertz CT molecular complexity index is 653. The molecule has 0 aliphatic carbocycles. The second-order valence-corrected chi connectivity index (χ2v) is 5.62. The Morgan fingerprint density at radius 3 is 2.76 bits per heavy atom. The maximum absolute atomic E-state index is 11.7. The summed E-state index contributed by atoms with van der Waals surface area (Å²) in [4.78, 5) is 11.7. The van der Waals surface area contributed by atoms with E-state index in [1.54, 1.807) is 6.20 Å². The van der Waals surface area contributed by atoms with Gasteiger partial charge in [0, 0.05) is 17.2 Å². The van der Waals surface area contributed by atoms with Crippen molar-refractivity contribution in [2.24, 2.45) is 0 Å². The highest BCUT2D eigenvalue weighted by Gasteiger charge is 1.98. The van der Waals surface area contributed by atoms with E-state index in [0.29, 0.717) is 6.54 Å². The maximum Gasteiger partial charge on any atom is 0.319 e. The van der Waals surface area contributed by atoms with Gasteiger partial charge in [-0.1, -0.05) is 57.9 Å². The van der Waals surface area contributed by atoms with Gasteiger partial charge in [-0.3, -0.25) is 0 Å². The number of hydrogen-bond acceptors (Lipinski definition) is 1. The molecule has 0 radical (unpaired) electrons. The number of benzene rings is 2. The monoisotopic (exact) mass is 344 g/mol. The fourth-order valence-corrected chi connectivity index (χ4v) is 2.31. The van der Waals surface area contributed by atoms with Gasteiger partial charge in [-0.25, -0.2) is 4.79 Å². The standard InChI is InChI=1S/C17H17BrN2O/c1-13-4-2-5-14(10-13)8-9-19-17(21)20-12-15-6-3-7-16(18)11-15/h2-11H,12H2,1H3,(H2,19,20,21)/b9-8+. The average molecular weight is 345 g/mol. The largest absolute Gasteiger partial charge is 0.334 e. The van der Waals surface area contributed by atoms with Crippen molar-refractivity contribution in [3.63, 3.8) is 0 Å². The summed E-state index contributed by atoms with van der Waals surface area (Å²) in [7, 11) is 0. The Hall–Kier alpha value is -2.07. The molecule has 108 valence electrons. The molecular formula is C17H17BrN2O. The molecule has 0 saturated carbocycles. The van der Waals surface area contributed by atoms with E-state index in [1.807, 2.05) is 55.5 Å². The van der Waals surface area contributed by atoms with Crippen LogP contribution >= 0.6 is 15.9 Å². The number of halogens is 1. The predicted octanol–water partition coefficient (Wildman–Crippen LogP) is 4.23. The van der Waals surface area contributed by atoms with E-state index in [-0.39, 0.29) is 6.03 Å². The van der Waals surface area contributed by atoms with Gasteiger partial charge in [-0.15, -0.1) is 0 Å². The summed E-state index contributed by atoms with van der Waals surface area (Å²) in [5.74, 6) is 0. The van der Waals surface area contributed by atoms with Crippen LogP contribution in [0.1, 0.15) is 16.7 Å². The highest BCUT2D eigenvalue weighted by molar-refractivity contribution is 9.10. The first-order valence-corrected chi connectivity index (χ1v) is 7.45. The van der Waals surface area contributed by atoms with E-state index < -0.39 is 0 Å². The zero-order valence-electron chi connectivity index (χ0n) is 11.8. The molecule has 0 spiro atoms. The molecule has 0 bridgehead atoms. The maximum atomic E-state index is 11.7. The van der Waals surface area contributed by atoms with Crippen LogP contribution in [0.4, 0.5) is 4.79 Å². The van der Waals surface area contributed by atoms with Gasteiger partial charge in [0.2, 0.25) is 0 Å². The minimum absolute atomic E-state index is 0.223. The quantitative estimate of drug-likeness (QED) is 0.856. The lowest BCUT2D eigenvalue weighted by molar-refractivity contribution is 0.244. The first-order chi connectivity index (χ1) is 10.1. The molecule has 3 nitrogen and oxygen atoms in total. The fourth-order valence-electron chi connectivity index (χ4n) is 1.87. The van der Waals surface area contributed by atoms with E-state index in [9.17, 15) is 4.79 Å². The van der Waals surface area contributed by atoms with Gasteiger partial charge in [0.1, 0.15) is 0 Å². The molecule has 2 rings (SSSR count). The SMILES string of the molecule is Cc1cccc(/C=C/NC(=O)NCc2cccc(Br)c2)c1. The van der Waals surface area contributed by atoms with E-state index in [4.69, 9.17) is 0 Å². The van der Waals surface area contributed by atoms with Crippen LogP contribution in [0, 0.1) is 6.92 Å². The molecule has 4 heteroatoms. The number of carbonyl (C=O) groups excluding carboxylic acids is 1. The number of hydrogen-bond donors (Lipinski definition) is 2. The van der Waals surface area contributed by atoms with Crippen LogP contribution in [-0.4, -0.2) is 6.03 Å². The summed E-state index contributed by atoms with van der Waals surface area (Å²) >= 11 is 3.40. The average Bonchev–Trinajstić information content (AvgIpc) is 2.45. The lowest BCUT2D eigenvalue weighted by atomic mass is 10.1. The zero-order chi connectivity index (χ0) is 15.1. The molecule has 0 unspecified atom stereocenters. The van der Waals surface area contributed by atoms with Gasteiger partial charge >= 0.3 is 6.03 Å². The minimum atomic E-state index is -0.223. The molecular weight excluding hydrogens is 328 g/mol. The third-order valence-electron chi connectivity index (χ3n) is 2.87. The highest BCUT2D eigenvalue weighted by atomic mass is 79.9. The predicted molar refractivity (Wildman–Crippen MR) is 89.7 cm³/mol. The number of carbonyl (C=O) groups is 1. The van der Waals surface area contributed by atoms with Crippen molar-refractivity contribution in [1.82, 2.24) is 10.6 Å². The van der Waals surface area contributed by atoms with Crippen LogP contribution < -0.4 is 10.6 Å². The molecule has 21 heavy (non-hydrogen) atoms. The topological polar surface area (TPSA) is 41.1 Å². The van der Waals surface area contributed by atoms with E-state index in [2.05, 4.69) is 32.6 Å². The van der Waals surface area contributed by atoms with Gasteiger partial charge < -0.3 is 10.6 Å². The third kappa shape index (κ3) is 5.44. The Kier molecular flexibility index (Phi) is 5.58. The van der Waals surface area contributed by atoms with Crippen molar-refractivity contribution in [2.75, 3.05) is 0 Å². The Morgan fingerprint density at radius 1 is 1.19 bits per heavy atom. The smallest absolute Gasteiger partial charge is 0.319 e. The van der Waals surface area contributed by atoms with Gasteiger partial charge in [0.05, 0.1) is 0 Å². The summed E-state index contributed by atoms with van der Waals surface area (Å²) in [6.45, 7) is 2.53. The number of nitrogens with one attached hydrogen (secondary N) is 2. The molecule has 0 atom stereocenters. The van der Waals surface area contributed by atoms with Crippen molar-refractivity contribution < 1.29 is 4.79 Å². The van der Waals surface area contributed by atoms with Crippen molar-refractivity contribution in [3.8, 4) is 0 Å². The summed E-state index contributed by atoms with van der Waals surface area (Å²) in [6.07, 6.45) is 3.51. The van der Waals surface area contributed by atoms with Crippen LogP contribution in [0.5, 0.6) is 0 Å². The molecule has 0 heterocycles. The van der Waals surface area contributed by atoms with E-state index >= 15 is 0 Å². The van der Waals surface area contributed by atoms with Gasteiger partial charge in [0.25, 0.3) is 0 Å². The normalized spacial score (nSPS) is 10.6. The summed E-state index contributed by atoms with van der Waals surface area (Å²) in [5.41, 5.74) is 3.29. The number of rotatable bonds is 4. The van der Waals surface area contributed by atoms with Gasteiger partial charge in [-0.05, 0) is 36.3 Å². The minimum Gasteiger partial charge on any atom is -0.334 e. The van der Waals surface area contributed by atoms with Crippen LogP contribution in [0.3, 0.4) is 0 Å². The lowest BCUT2D eigenvalue weighted by Crippen LogP contribution is -2.31. The second kappa shape index (κ2) is 7.64. The first-order valence-electron chi connectivity index (χ1n) is 6.65. The van der Waals surface area contributed by atoms with Crippen LogP contribution in [0.2, 0.25) is 0 Å². The Labute approximate surface area is 133 Å². The third-order valence-corrected chi connectivity index (χ3v) is 3.37. The second-order valence-electron chi connectivity index (χ2n) is 4.70. The van der Waals surface area contributed by atoms with Crippen molar-refractivity contribution in [2.45, 2.75) is 13.5 Å². The van der Waals surface area contributed by atoms with Gasteiger partial charge in [-0.2, -0.15) is 0 Å². The molecule has 2 amide bonds. The fraction of sp³-hybridized carbons (Fsp3) is 0.118. The summed E-state index contributed by atoms with van der Waals surface area (Å²) in [5, 5.41) is 5.49. The van der Waals surface area contributed by atoms with Crippen LogP contribution in [0.25, 0.3) is 6.08 Å². The molecule has 0 fully saturated rings.